The number of sulfonamides is 1. The zero-order valence-electron chi connectivity index (χ0n) is 14.9. The topological polar surface area (TPSA) is 110 Å². The number of carbonyl (C=O) groups excluding carboxylic acids is 1. The number of nitrogens with zero attached hydrogens (tertiary/aromatic N) is 2. The molecule has 0 saturated carbocycles. The van der Waals surface area contributed by atoms with Gasteiger partial charge in [0.15, 0.2) is 11.6 Å². The molecule has 0 bridgehead atoms. The van der Waals surface area contributed by atoms with Gasteiger partial charge in [0.2, 0.25) is 15.9 Å². The van der Waals surface area contributed by atoms with Crippen LogP contribution in [0.2, 0.25) is 0 Å². The van der Waals surface area contributed by atoms with E-state index in [0.717, 1.165) is 34.8 Å². The predicted molar refractivity (Wildman–Crippen MR) is 99.5 cm³/mol. The lowest BCUT2D eigenvalue weighted by Gasteiger charge is -2.30. The monoisotopic (exact) mass is 413 g/mol. The first kappa shape index (κ1) is 21.2. The molecule has 0 aliphatic heterocycles. The fourth-order valence-corrected chi connectivity index (χ4v) is 3.81. The Balaban J connectivity index is 2.42. The maximum atomic E-state index is 13.3. The minimum atomic E-state index is -4.01. The number of amides is 1. The van der Waals surface area contributed by atoms with E-state index in [0.29, 0.717) is 0 Å². The molecule has 11 heteroatoms. The Kier molecular flexibility index (Phi) is 6.29. The molecule has 8 nitrogen and oxygen atoms in total. The molecular weight excluding hydrogens is 396 g/mol. The Labute approximate surface area is 160 Å². The van der Waals surface area contributed by atoms with Crippen LogP contribution in [0.25, 0.3) is 0 Å². The minimum absolute atomic E-state index is 0.0191. The van der Waals surface area contributed by atoms with Gasteiger partial charge in [0, 0.05) is 23.9 Å². The summed E-state index contributed by atoms with van der Waals surface area (Å²) in [5, 5.41) is 13.3. The van der Waals surface area contributed by atoms with Crippen molar-refractivity contribution in [2.75, 3.05) is 15.9 Å². The Morgan fingerprint density at radius 3 is 2.43 bits per heavy atom. The van der Waals surface area contributed by atoms with E-state index in [9.17, 15) is 32.1 Å². The largest absolute Gasteiger partial charge is 0.324 e. The quantitative estimate of drug-likeness (QED) is 0.554. The second kappa shape index (κ2) is 8.30. The zero-order valence-corrected chi connectivity index (χ0v) is 15.7. The Bertz CT molecular complexity index is 1010. The molecule has 0 heterocycles. The lowest BCUT2D eigenvalue weighted by Crippen LogP contribution is -2.47. The molecule has 1 amide bonds. The number of hydrogen-bond acceptors (Lipinski definition) is 5. The molecule has 28 heavy (non-hydrogen) atoms. The standard InChI is InChI=1S/C17H17F2N3O5S/c1-3-16(17(23)20-11-7-8-14(18)15(19)9-11)21(28(2,26)27)12-5-4-6-13(10-12)22(24)25/h4-10,16H,3H2,1-2H3,(H,20,23)/t16-/m0/s1. The van der Waals surface area contributed by atoms with E-state index in [1.54, 1.807) is 6.92 Å². The number of nitrogens with one attached hydrogen (secondary N) is 1. The molecule has 2 aromatic carbocycles. The summed E-state index contributed by atoms with van der Waals surface area (Å²) in [4.78, 5) is 23.0. The SMILES string of the molecule is CC[C@@H](C(=O)Nc1ccc(F)c(F)c1)N(c1cccc([N+](=O)[O-])c1)S(C)(=O)=O. The molecule has 2 aromatic rings. The molecule has 0 unspecified atom stereocenters. The molecule has 0 radical (unpaired) electrons. The maximum Gasteiger partial charge on any atom is 0.271 e. The Hall–Kier alpha value is -3.08. The highest BCUT2D eigenvalue weighted by atomic mass is 32.2. The summed E-state index contributed by atoms with van der Waals surface area (Å²) in [6.07, 6.45) is 0.880. The molecule has 0 saturated heterocycles. The fraction of sp³-hybridized carbons (Fsp3) is 0.235. The van der Waals surface area contributed by atoms with E-state index in [1.807, 2.05) is 0 Å². The zero-order chi connectivity index (χ0) is 21.1. The van der Waals surface area contributed by atoms with Gasteiger partial charge in [0.25, 0.3) is 5.69 Å². The minimum Gasteiger partial charge on any atom is -0.324 e. The third kappa shape index (κ3) is 4.80. The van der Waals surface area contributed by atoms with Crippen molar-refractivity contribution in [2.24, 2.45) is 0 Å². The van der Waals surface area contributed by atoms with Gasteiger partial charge in [-0.2, -0.15) is 0 Å². The summed E-state index contributed by atoms with van der Waals surface area (Å²) in [5.74, 6) is -3.07. The number of anilines is 2. The molecule has 2 rings (SSSR count). The van der Waals surface area contributed by atoms with Crippen LogP contribution in [0.3, 0.4) is 0 Å². The van der Waals surface area contributed by atoms with Crippen LogP contribution in [0.15, 0.2) is 42.5 Å². The molecular formula is C17H17F2N3O5S. The third-order valence-electron chi connectivity index (χ3n) is 3.81. The first-order chi connectivity index (χ1) is 13.0. The lowest BCUT2D eigenvalue weighted by atomic mass is 10.1. The van der Waals surface area contributed by atoms with Crippen LogP contribution >= 0.6 is 0 Å². The van der Waals surface area contributed by atoms with Gasteiger partial charge in [0.1, 0.15) is 6.04 Å². The smallest absolute Gasteiger partial charge is 0.271 e. The van der Waals surface area contributed by atoms with Gasteiger partial charge in [-0.25, -0.2) is 17.2 Å². The highest BCUT2D eigenvalue weighted by molar-refractivity contribution is 7.92. The van der Waals surface area contributed by atoms with E-state index in [1.165, 1.54) is 18.2 Å². The third-order valence-corrected chi connectivity index (χ3v) is 4.99. The summed E-state index contributed by atoms with van der Waals surface area (Å²) >= 11 is 0. The van der Waals surface area contributed by atoms with Gasteiger partial charge in [-0.15, -0.1) is 0 Å². The predicted octanol–water partition coefficient (Wildman–Crippen LogP) is 3.06. The van der Waals surface area contributed by atoms with Crippen molar-refractivity contribution in [1.82, 2.24) is 0 Å². The molecule has 0 spiro atoms. The van der Waals surface area contributed by atoms with Crippen molar-refractivity contribution in [3.63, 3.8) is 0 Å². The van der Waals surface area contributed by atoms with Crippen LogP contribution < -0.4 is 9.62 Å². The molecule has 0 aromatic heterocycles. The number of carbonyl (C=O) groups is 1. The summed E-state index contributed by atoms with van der Waals surface area (Å²) in [7, 11) is -4.01. The van der Waals surface area contributed by atoms with Crippen molar-refractivity contribution >= 4 is 33.0 Å². The summed E-state index contributed by atoms with van der Waals surface area (Å²) in [6, 6.07) is 6.28. The van der Waals surface area contributed by atoms with Crippen molar-refractivity contribution in [3.8, 4) is 0 Å². The second-order valence-corrected chi connectivity index (χ2v) is 7.74. The number of nitro benzene ring substituents is 1. The van der Waals surface area contributed by atoms with Crippen molar-refractivity contribution < 1.29 is 26.9 Å². The Morgan fingerprint density at radius 2 is 1.89 bits per heavy atom. The molecule has 0 aliphatic carbocycles. The normalized spacial score (nSPS) is 12.3. The molecule has 0 aliphatic rings. The summed E-state index contributed by atoms with van der Waals surface area (Å²) in [6.45, 7) is 1.55. The first-order valence-electron chi connectivity index (χ1n) is 8.04. The lowest BCUT2D eigenvalue weighted by molar-refractivity contribution is -0.384. The van der Waals surface area contributed by atoms with E-state index in [2.05, 4.69) is 5.32 Å². The van der Waals surface area contributed by atoms with Gasteiger partial charge in [-0.1, -0.05) is 13.0 Å². The average molecular weight is 413 g/mol. The van der Waals surface area contributed by atoms with Gasteiger partial charge in [0.05, 0.1) is 16.9 Å². The number of benzene rings is 2. The van der Waals surface area contributed by atoms with Crippen LogP contribution in [0.4, 0.5) is 25.8 Å². The fourth-order valence-electron chi connectivity index (χ4n) is 2.60. The van der Waals surface area contributed by atoms with Crippen molar-refractivity contribution in [1.29, 1.82) is 0 Å². The van der Waals surface area contributed by atoms with Crippen LogP contribution in [-0.4, -0.2) is 31.5 Å². The van der Waals surface area contributed by atoms with E-state index in [-0.39, 0.29) is 23.5 Å². The summed E-state index contributed by atoms with van der Waals surface area (Å²) < 4.78 is 51.8. The number of non-ortho nitro benzene ring substituents is 1. The molecule has 150 valence electrons. The molecule has 1 atom stereocenters. The first-order valence-corrected chi connectivity index (χ1v) is 9.89. The van der Waals surface area contributed by atoms with Gasteiger partial charge in [-0.05, 0) is 24.6 Å². The van der Waals surface area contributed by atoms with Crippen molar-refractivity contribution in [3.05, 3.63) is 64.2 Å². The van der Waals surface area contributed by atoms with Crippen molar-refractivity contribution in [2.45, 2.75) is 19.4 Å². The number of halogens is 2. The van der Waals surface area contributed by atoms with Gasteiger partial charge < -0.3 is 5.32 Å². The molecule has 1 N–H and O–H groups in total. The Morgan fingerprint density at radius 1 is 1.21 bits per heavy atom. The van der Waals surface area contributed by atoms with Crippen LogP contribution in [0.1, 0.15) is 13.3 Å². The number of hydrogen-bond donors (Lipinski definition) is 1. The van der Waals surface area contributed by atoms with E-state index >= 15 is 0 Å². The number of rotatable bonds is 7. The van der Waals surface area contributed by atoms with E-state index < -0.39 is 38.5 Å². The second-order valence-electron chi connectivity index (χ2n) is 5.88. The van der Waals surface area contributed by atoms with Crippen LogP contribution in [0, 0.1) is 21.7 Å². The van der Waals surface area contributed by atoms with Crippen LogP contribution in [-0.2, 0) is 14.8 Å². The van der Waals surface area contributed by atoms with Gasteiger partial charge in [-0.3, -0.25) is 19.2 Å². The average Bonchev–Trinajstić information content (AvgIpc) is 2.61. The molecule has 0 fully saturated rings. The number of nitro groups is 1. The summed E-state index contributed by atoms with van der Waals surface area (Å²) in [5.41, 5.74) is -0.471. The highest BCUT2D eigenvalue weighted by Gasteiger charge is 2.32. The highest BCUT2D eigenvalue weighted by Crippen LogP contribution is 2.27. The van der Waals surface area contributed by atoms with Gasteiger partial charge >= 0.3 is 0 Å². The van der Waals surface area contributed by atoms with Crippen LogP contribution in [0.5, 0.6) is 0 Å². The maximum absolute atomic E-state index is 13.3. The van der Waals surface area contributed by atoms with E-state index in [4.69, 9.17) is 0 Å².